The second-order valence-electron chi connectivity index (χ2n) is 4.27. The van der Waals surface area contributed by atoms with Crippen molar-refractivity contribution in [3.8, 4) is 0 Å². The molecule has 0 aromatic carbocycles. The van der Waals surface area contributed by atoms with E-state index >= 15 is 0 Å². The first-order valence-electron chi connectivity index (χ1n) is 7.26. The van der Waals surface area contributed by atoms with Gasteiger partial charge in [0, 0.05) is 19.8 Å². The van der Waals surface area contributed by atoms with Crippen molar-refractivity contribution in [1.29, 1.82) is 0 Å². The maximum Gasteiger partial charge on any atom is 0.514 e. The third-order valence-corrected chi connectivity index (χ3v) is 7.16. The van der Waals surface area contributed by atoms with Gasteiger partial charge in [0.25, 0.3) is 0 Å². The van der Waals surface area contributed by atoms with Crippen LogP contribution in [0.2, 0.25) is 0 Å². The highest BCUT2D eigenvalue weighted by Crippen LogP contribution is 2.24. The molecule has 3 nitrogen and oxygen atoms in total. The number of rotatable bonds is 12. The van der Waals surface area contributed by atoms with Gasteiger partial charge in [0.2, 0.25) is 0 Å². The maximum absolute atomic E-state index is 5.85. The van der Waals surface area contributed by atoms with E-state index in [2.05, 4.69) is 6.92 Å². The second-order valence-corrected chi connectivity index (χ2v) is 8.15. The minimum Gasteiger partial charge on any atom is -0.373 e. The molecule has 1 unspecified atom stereocenters. The molecule has 110 valence electrons. The Morgan fingerprint density at radius 3 is 1.72 bits per heavy atom. The first kappa shape index (κ1) is 18.4. The molecular formula is C13H30O3SSi. The molecule has 0 rings (SSSR count). The quantitative estimate of drug-likeness (QED) is 0.337. The molecule has 0 amide bonds. The highest BCUT2D eigenvalue weighted by Gasteiger charge is 2.47. The number of hydrogen-bond acceptors (Lipinski definition) is 4. The van der Waals surface area contributed by atoms with Crippen LogP contribution in [0, 0.1) is 0 Å². The molecule has 0 saturated heterocycles. The first-order chi connectivity index (χ1) is 8.66. The number of thiol groups is 1. The summed E-state index contributed by atoms with van der Waals surface area (Å²) in [6, 6.07) is 0. The fraction of sp³-hybridized carbons (Fsp3) is 1.00. The predicted octanol–water partition coefficient (Wildman–Crippen LogP) is 3.84. The summed E-state index contributed by atoms with van der Waals surface area (Å²) in [5.74, 6) is 0. The Balaban J connectivity index is 4.39. The van der Waals surface area contributed by atoms with E-state index in [1.165, 1.54) is 25.7 Å². The summed E-state index contributed by atoms with van der Waals surface area (Å²) in [6.07, 6.45) is 5.97. The van der Waals surface area contributed by atoms with Gasteiger partial charge in [-0.25, -0.2) is 0 Å². The van der Waals surface area contributed by atoms with Gasteiger partial charge < -0.3 is 13.3 Å². The van der Waals surface area contributed by atoms with E-state index in [9.17, 15) is 0 Å². The summed E-state index contributed by atoms with van der Waals surface area (Å²) in [6.45, 7) is 10.0. The lowest BCUT2D eigenvalue weighted by atomic mass is 10.2. The molecular weight excluding hydrogens is 264 g/mol. The molecule has 0 aromatic rings. The monoisotopic (exact) mass is 294 g/mol. The van der Waals surface area contributed by atoms with Crippen LogP contribution in [0.15, 0.2) is 0 Å². The lowest BCUT2D eigenvalue weighted by Crippen LogP contribution is -2.54. The average molecular weight is 295 g/mol. The van der Waals surface area contributed by atoms with E-state index in [1.54, 1.807) is 0 Å². The Morgan fingerprint density at radius 1 is 0.833 bits per heavy atom. The summed E-state index contributed by atoms with van der Waals surface area (Å²) in [5.41, 5.74) is 0. The molecule has 0 aliphatic carbocycles. The molecule has 0 spiro atoms. The van der Waals surface area contributed by atoms with Gasteiger partial charge in [-0.3, -0.25) is 0 Å². The Bertz CT molecular complexity index is 176. The van der Waals surface area contributed by atoms with Crippen molar-refractivity contribution in [2.45, 2.75) is 64.7 Å². The highest BCUT2D eigenvalue weighted by atomic mass is 32.1. The van der Waals surface area contributed by atoms with Crippen LogP contribution in [0.1, 0.15) is 59.8 Å². The van der Waals surface area contributed by atoms with Gasteiger partial charge in [-0.1, -0.05) is 32.6 Å². The SMILES string of the molecule is CCCCCCC(S)[Si](OCC)(OCC)OCC. The molecule has 0 radical (unpaired) electrons. The predicted molar refractivity (Wildman–Crippen MR) is 82.2 cm³/mol. The smallest absolute Gasteiger partial charge is 0.373 e. The van der Waals surface area contributed by atoms with Crippen molar-refractivity contribution in [3.05, 3.63) is 0 Å². The minimum atomic E-state index is -2.59. The van der Waals surface area contributed by atoms with Crippen molar-refractivity contribution in [2.75, 3.05) is 19.8 Å². The zero-order chi connectivity index (χ0) is 13.9. The first-order valence-corrected chi connectivity index (χ1v) is 9.58. The van der Waals surface area contributed by atoms with Crippen molar-refractivity contribution in [2.24, 2.45) is 0 Å². The van der Waals surface area contributed by atoms with E-state index in [-0.39, 0.29) is 4.87 Å². The lowest BCUT2D eigenvalue weighted by Gasteiger charge is -2.32. The molecule has 0 aliphatic rings. The second kappa shape index (κ2) is 11.3. The van der Waals surface area contributed by atoms with Crippen LogP contribution >= 0.6 is 12.6 Å². The zero-order valence-electron chi connectivity index (χ0n) is 12.4. The van der Waals surface area contributed by atoms with Crippen molar-refractivity contribution in [1.82, 2.24) is 0 Å². The molecule has 0 fully saturated rings. The van der Waals surface area contributed by atoms with Gasteiger partial charge in [0.15, 0.2) is 0 Å². The van der Waals surface area contributed by atoms with Gasteiger partial charge in [-0.15, -0.1) is 0 Å². The Kier molecular flexibility index (Phi) is 11.6. The number of unbranched alkanes of at least 4 members (excludes halogenated alkanes) is 3. The van der Waals surface area contributed by atoms with Crippen LogP contribution in [0.4, 0.5) is 0 Å². The van der Waals surface area contributed by atoms with E-state index in [0.29, 0.717) is 19.8 Å². The van der Waals surface area contributed by atoms with E-state index < -0.39 is 8.80 Å². The van der Waals surface area contributed by atoms with Crippen molar-refractivity contribution >= 4 is 21.4 Å². The Morgan fingerprint density at radius 2 is 1.33 bits per heavy atom. The summed E-state index contributed by atoms with van der Waals surface area (Å²) in [5, 5.41) is 0. The van der Waals surface area contributed by atoms with Crippen LogP contribution in [0.25, 0.3) is 0 Å². The van der Waals surface area contributed by atoms with Crippen LogP contribution in [0.5, 0.6) is 0 Å². The fourth-order valence-corrected chi connectivity index (χ4v) is 5.40. The van der Waals surface area contributed by atoms with Gasteiger partial charge in [-0.2, -0.15) is 12.6 Å². The minimum absolute atomic E-state index is 0.0919. The van der Waals surface area contributed by atoms with Gasteiger partial charge >= 0.3 is 8.80 Å². The number of hydrogen-bond donors (Lipinski definition) is 1. The summed E-state index contributed by atoms with van der Waals surface area (Å²) in [4.78, 5) is 0.0919. The van der Waals surface area contributed by atoms with Crippen LogP contribution in [0.3, 0.4) is 0 Å². The highest BCUT2D eigenvalue weighted by molar-refractivity contribution is 7.83. The van der Waals surface area contributed by atoms with Crippen LogP contribution < -0.4 is 0 Å². The molecule has 0 bridgehead atoms. The molecule has 18 heavy (non-hydrogen) atoms. The zero-order valence-corrected chi connectivity index (χ0v) is 14.3. The van der Waals surface area contributed by atoms with Crippen LogP contribution in [-0.4, -0.2) is 33.5 Å². The molecule has 5 heteroatoms. The van der Waals surface area contributed by atoms with E-state index in [4.69, 9.17) is 25.9 Å². The van der Waals surface area contributed by atoms with Crippen molar-refractivity contribution in [3.63, 3.8) is 0 Å². The summed E-state index contributed by atoms with van der Waals surface area (Å²) < 4.78 is 17.5. The summed E-state index contributed by atoms with van der Waals surface area (Å²) >= 11 is 4.70. The molecule has 0 aromatic heterocycles. The maximum atomic E-state index is 5.85. The Labute approximate surface area is 119 Å². The topological polar surface area (TPSA) is 27.7 Å². The van der Waals surface area contributed by atoms with Gasteiger partial charge in [0.1, 0.15) is 0 Å². The van der Waals surface area contributed by atoms with E-state index in [0.717, 1.165) is 6.42 Å². The van der Waals surface area contributed by atoms with E-state index in [1.807, 2.05) is 20.8 Å². The molecule has 0 heterocycles. The lowest BCUT2D eigenvalue weighted by molar-refractivity contribution is 0.0688. The third kappa shape index (κ3) is 6.57. The molecule has 1 atom stereocenters. The Hall–Kier alpha value is 0.447. The standard InChI is InChI=1S/C13H30O3SSi/c1-5-9-10-11-12-13(17)18(14-6-2,15-7-3)16-8-4/h13,17H,5-12H2,1-4H3. The van der Waals surface area contributed by atoms with Crippen molar-refractivity contribution < 1.29 is 13.3 Å². The molecule has 0 saturated carbocycles. The molecule has 0 N–H and O–H groups in total. The van der Waals surface area contributed by atoms with Gasteiger partial charge in [0.05, 0.1) is 4.87 Å². The molecule has 0 aliphatic heterocycles. The fourth-order valence-electron chi connectivity index (χ4n) is 1.96. The third-order valence-electron chi connectivity index (χ3n) is 2.78. The van der Waals surface area contributed by atoms with Gasteiger partial charge in [-0.05, 0) is 27.2 Å². The normalized spacial score (nSPS) is 13.8. The average Bonchev–Trinajstić information content (AvgIpc) is 2.35. The van der Waals surface area contributed by atoms with Crippen LogP contribution in [-0.2, 0) is 13.3 Å². The summed E-state index contributed by atoms with van der Waals surface area (Å²) in [7, 11) is -2.59. The largest absolute Gasteiger partial charge is 0.514 e.